The van der Waals surface area contributed by atoms with Crippen molar-refractivity contribution in [3.8, 4) is 0 Å². The molecule has 0 aliphatic heterocycles. The number of sulfonamides is 1. The number of amides is 1. The van der Waals surface area contributed by atoms with E-state index in [9.17, 15) is 13.2 Å². The molecular formula is C19H21N3O3S. The van der Waals surface area contributed by atoms with Crippen LogP contribution in [0.3, 0.4) is 0 Å². The largest absolute Gasteiger partial charge is 0.335 e. The first kappa shape index (κ1) is 18.2. The minimum atomic E-state index is -3.58. The van der Waals surface area contributed by atoms with E-state index in [1.807, 2.05) is 41.8 Å². The SMILES string of the molecule is CNS(=O)(=O)c1cc(NC(=O)Cn2c(C)cc3ccccc32)ccc1C. The summed E-state index contributed by atoms with van der Waals surface area (Å²) >= 11 is 0. The van der Waals surface area contributed by atoms with Crippen molar-refractivity contribution in [1.82, 2.24) is 9.29 Å². The van der Waals surface area contributed by atoms with E-state index in [1.54, 1.807) is 19.1 Å². The highest BCUT2D eigenvalue weighted by molar-refractivity contribution is 7.89. The first-order valence-corrected chi connectivity index (χ1v) is 9.69. The lowest BCUT2D eigenvalue weighted by Crippen LogP contribution is -2.21. The molecule has 0 saturated heterocycles. The predicted molar refractivity (Wildman–Crippen MR) is 103 cm³/mol. The Labute approximate surface area is 152 Å². The van der Waals surface area contributed by atoms with Gasteiger partial charge >= 0.3 is 0 Å². The maximum absolute atomic E-state index is 12.5. The maximum atomic E-state index is 12.5. The summed E-state index contributed by atoms with van der Waals surface area (Å²) in [4.78, 5) is 12.6. The summed E-state index contributed by atoms with van der Waals surface area (Å²) in [5.74, 6) is -0.217. The van der Waals surface area contributed by atoms with Gasteiger partial charge in [-0.05, 0) is 56.1 Å². The summed E-state index contributed by atoms with van der Waals surface area (Å²) in [5, 5.41) is 3.86. The number of rotatable bonds is 5. The van der Waals surface area contributed by atoms with Crippen LogP contribution in [0.15, 0.2) is 53.4 Å². The van der Waals surface area contributed by atoms with Gasteiger partial charge in [-0.2, -0.15) is 0 Å². The number of carbonyl (C=O) groups excluding carboxylic acids is 1. The molecule has 1 aromatic heterocycles. The quantitative estimate of drug-likeness (QED) is 0.724. The van der Waals surface area contributed by atoms with Crippen LogP contribution >= 0.6 is 0 Å². The number of aryl methyl sites for hydroxylation is 2. The Kier molecular flexibility index (Phi) is 4.84. The van der Waals surface area contributed by atoms with Gasteiger partial charge in [0, 0.05) is 16.9 Å². The number of nitrogens with zero attached hydrogens (tertiary/aromatic N) is 1. The molecule has 0 bridgehead atoms. The van der Waals surface area contributed by atoms with Crippen LogP contribution in [0.1, 0.15) is 11.3 Å². The summed E-state index contributed by atoms with van der Waals surface area (Å²) in [7, 11) is -2.22. The second kappa shape index (κ2) is 6.93. The molecule has 7 heteroatoms. The lowest BCUT2D eigenvalue weighted by molar-refractivity contribution is -0.116. The van der Waals surface area contributed by atoms with E-state index in [2.05, 4.69) is 10.0 Å². The number of aromatic nitrogens is 1. The number of nitrogens with one attached hydrogen (secondary N) is 2. The first-order chi connectivity index (χ1) is 12.3. The molecule has 1 amide bonds. The Morgan fingerprint density at radius 2 is 1.81 bits per heavy atom. The molecule has 2 aromatic carbocycles. The summed E-state index contributed by atoms with van der Waals surface area (Å²) in [6.07, 6.45) is 0. The second-order valence-electron chi connectivity index (χ2n) is 6.17. The van der Waals surface area contributed by atoms with Gasteiger partial charge in [0.05, 0.1) is 4.90 Å². The van der Waals surface area contributed by atoms with Crippen LogP contribution in [0.4, 0.5) is 5.69 Å². The van der Waals surface area contributed by atoms with E-state index in [0.717, 1.165) is 16.6 Å². The standard InChI is InChI=1S/C19H21N3O3S/c1-13-8-9-16(11-18(13)26(24,25)20-3)21-19(23)12-22-14(2)10-15-6-4-5-7-17(15)22/h4-11,20H,12H2,1-3H3,(H,21,23). The minimum absolute atomic E-state index is 0.153. The normalized spacial score (nSPS) is 11.7. The summed E-state index contributed by atoms with van der Waals surface area (Å²) < 4.78 is 28.4. The van der Waals surface area contributed by atoms with Crippen molar-refractivity contribution in [2.75, 3.05) is 12.4 Å². The van der Waals surface area contributed by atoms with E-state index < -0.39 is 10.0 Å². The third-order valence-electron chi connectivity index (χ3n) is 4.35. The Hall–Kier alpha value is -2.64. The van der Waals surface area contributed by atoms with Gasteiger partial charge in [-0.25, -0.2) is 13.1 Å². The van der Waals surface area contributed by atoms with Crippen molar-refractivity contribution in [3.63, 3.8) is 0 Å². The highest BCUT2D eigenvalue weighted by Crippen LogP contribution is 2.21. The first-order valence-electron chi connectivity index (χ1n) is 8.21. The van der Waals surface area contributed by atoms with Crippen molar-refractivity contribution in [1.29, 1.82) is 0 Å². The average molecular weight is 371 g/mol. The van der Waals surface area contributed by atoms with Gasteiger partial charge in [0.1, 0.15) is 6.54 Å². The van der Waals surface area contributed by atoms with Crippen molar-refractivity contribution < 1.29 is 13.2 Å². The lowest BCUT2D eigenvalue weighted by Gasteiger charge is -2.12. The molecule has 0 aliphatic carbocycles. The van der Waals surface area contributed by atoms with E-state index in [1.165, 1.54) is 13.1 Å². The van der Waals surface area contributed by atoms with Gasteiger partial charge in [0.15, 0.2) is 0 Å². The third kappa shape index (κ3) is 3.49. The molecule has 1 heterocycles. The van der Waals surface area contributed by atoms with Crippen LogP contribution in [0, 0.1) is 13.8 Å². The number of carbonyl (C=O) groups is 1. The van der Waals surface area contributed by atoms with Crippen molar-refractivity contribution in [2.24, 2.45) is 0 Å². The fraction of sp³-hybridized carbons (Fsp3) is 0.211. The van der Waals surface area contributed by atoms with E-state index in [4.69, 9.17) is 0 Å². The highest BCUT2D eigenvalue weighted by Gasteiger charge is 2.16. The molecule has 3 aromatic rings. The van der Waals surface area contributed by atoms with E-state index >= 15 is 0 Å². The molecule has 0 aliphatic rings. The van der Waals surface area contributed by atoms with Crippen LogP contribution in [0.2, 0.25) is 0 Å². The van der Waals surface area contributed by atoms with Gasteiger partial charge in [0.2, 0.25) is 15.9 Å². The summed E-state index contributed by atoms with van der Waals surface area (Å²) in [5.41, 5.74) is 3.04. The molecule has 0 fully saturated rings. The van der Waals surface area contributed by atoms with Crippen LogP contribution in [-0.2, 0) is 21.4 Å². The summed E-state index contributed by atoms with van der Waals surface area (Å²) in [6, 6.07) is 14.8. The molecule has 6 nitrogen and oxygen atoms in total. The number of hydrogen-bond donors (Lipinski definition) is 2. The molecular weight excluding hydrogens is 350 g/mol. The van der Waals surface area contributed by atoms with Crippen molar-refractivity contribution >= 4 is 32.5 Å². The minimum Gasteiger partial charge on any atom is -0.335 e. The average Bonchev–Trinajstić information content (AvgIpc) is 2.92. The number of hydrogen-bond acceptors (Lipinski definition) is 3. The molecule has 0 radical (unpaired) electrons. The third-order valence-corrected chi connectivity index (χ3v) is 5.91. The number of benzene rings is 2. The molecule has 0 spiro atoms. The van der Waals surface area contributed by atoms with Crippen molar-refractivity contribution in [2.45, 2.75) is 25.3 Å². The smallest absolute Gasteiger partial charge is 0.244 e. The molecule has 0 saturated carbocycles. The van der Waals surface area contributed by atoms with Gasteiger partial charge in [-0.15, -0.1) is 0 Å². The molecule has 26 heavy (non-hydrogen) atoms. The summed E-state index contributed by atoms with van der Waals surface area (Å²) in [6.45, 7) is 3.82. The topological polar surface area (TPSA) is 80.2 Å². The fourth-order valence-corrected chi connectivity index (χ4v) is 3.97. The zero-order chi connectivity index (χ0) is 18.9. The van der Waals surface area contributed by atoms with E-state index in [-0.39, 0.29) is 17.3 Å². The van der Waals surface area contributed by atoms with Gasteiger partial charge in [-0.1, -0.05) is 24.3 Å². The Morgan fingerprint density at radius 3 is 2.54 bits per heavy atom. The van der Waals surface area contributed by atoms with Gasteiger partial charge < -0.3 is 9.88 Å². The molecule has 0 unspecified atom stereocenters. The molecule has 0 atom stereocenters. The Morgan fingerprint density at radius 1 is 1.08 bits per heavy atom. The number of fused-ring (bicyclic) bond motifs is 1. The molecule has 3 rings (SSSR count). The van der Waals surface area contributed by atoms with Crippen LogP contribution in [-0.4, -0.2) is 25.9 Å². The maximum Gasteiger partial charge on any atom is 0.244 e. The second-order valence-corrected chi connectivity index (χ2v) is 8.02. The number of anilines is 1. The van der Waals surface area contributed by atoms with Crippen LogP contribution in [0.5, 0.6) is 0 Å². The zero-order valence-electron chi connectivity index (χ0n) is 14.9. The van der Waals surface area contributed by atoms with Crippen LogP contribution < -0.4 is 10.0 Å². The number of para-hydroxylation sites is 1. The van der Waals surface area contributed by atoms with Gasteiger partial charge in [-0.3, -0.25) is 4.79 Å². The Bertz CT molecular complexity index is 1080. The van der Waals surface area contributed by atoms with Crippen LogP contribution in [0.25, 0.3) is 10.9 Å². The van der Waals surface area contributed by atoms with Crippen molar-refractivity contribution in [3.05, 3.63) is 59.8 Å². The van der Waals surface area contributed by atoms with E-state index in [0.29, 0.717) is 11.3 Å². The molecule has 2 N–H and O–H groups in total. The zero-order valence-corrected chi connectivity index (χ0v) is 15.7. The predicted octanol–water partition coefficient (Wildman–Crippen LogP) is 2.80. The molecule has 136 valence electrons. The fourth-order valence-electron chi connectivity index (χ4n) is 2.98. The highest BCUT2D eigenvalue weighted by atomic mass is 32.2. The lowest BCUT2D eigenvalue weighted by atomic mass is 10.2. The monoisotopic (exact) mass is 371 g/mol. The van der Waals surface area contributed by atoms with Gasteiger partial charge in [0.25, 0.3) is 0 Å². The Balaban J connectivity index is 1.84.